The fraction of sp³-hybridized carbons (Fsp3) is 0.720. The SMILES string of the molecule is C/C(=C/C(C)(C)C)C(=O)OOC(C)OC(C)OC(=O)OC(C)OC(C)OOC(=O)/C(C)=C\C(C)(C)C. The lowest BCUT2D eigenvalue weighted by Crippen LogP contribution is -2.29. The fourth-order valence-corrected chi connectivity index (χ4v) is 2.71. The first kappa shape index (κ1) is 33.5. The van der Waals surface area contributed by atoms with Gasteiger partial charge >= 0.3 is 18.1 Å². The summed E-state index contributed by atoms with van der Waals surface area (Å²) in [7, 11) is 0. The van der Waals surface area contributed by atoms with Gasteiger partial charge in [-0.1, -0.05) is 53.7 Å². The molecule has 11 nitrogen and oxygen atoms in total. The molecule has 4 atom stereocenters. The Balaban J connectivity index is 4.38. The molecule has 0 heterocycles. The molecule has 0 radical (unpaired) electrons. The molecule has 0 saturated heterocycles. The van der Waals surface area contributed by atoms with E-state index in [0.29, 0.717) is 11.1 Å². The number of carbonyl (C=O) groups excluding carboxylic acids is 3. The maximum atomic E-state index is 11.9. The maximum Gasteiger partial charge on any atom is 0.512 e. The highest BCUT2D eigenvalue weighted by Crippen LogP contribution is 2.19. The third-order valence-electron chi connectivity index (χ3n) is 3.75. The number of ether oxygens (including phenoxy) is 4. The van der Waals surface area contributed by atoms with E-state index >= 15 is 0 Å². The smallest absolute Gasteiger partial charge is 0.405 e. The van der Waals surface area contributed by atoms with Crippen molar-refractivity contribution < 1.29 is 52.9 Å². The Bertz CT molecular complexity index is 723. The van der Waals surface area contributed by atoms with Crippen LogP contribution in [0, 0.1) is 10.8 Å². The molecule has 0 fully saturated rings. The van der Waals surface area contributed by atoms with Crippen LogP contribution in [0.15, 0.2) is 23.3 Å². The predicted octanol–water partition coefficient (Wildman–Crippen LogP) is 5.49. The van der Waals surface area contributed by atoms with E-state index in [1.54, 1.807) is 26.0 Å². The van der Waals surface area contributed by atoms with E-state index in [0.717, 1.165) is 0 Å². The highest BCUT2D eigenvalue weighted by molar-refractivity contribution is 5.87. The summed E-state index contributed by atoms with van der Waals surface area (Å²) in [5.74, 6) is -1.33. The minimum absolute atomic E-state index is 0.203. The van der Waals surface area contributed by atoms with Gasteiger partial charge < -0.3 is 18.9 Å². The third kappa shape index (κ3) is 17.0. The number of hydrogen-bond donors (Lipinski definition) is 0. The zero-order valence-corrected chi connectivity index (χ0v) is 23.5. The Hall–Kier alpha value is -2.47. The Morgan fingerprint density at radius 3 is 1.17 bits per heavy atom. The average molecular weight is 519 g/mol. The second-order valence-corrected chi connectivity index (χ2v) is 10.3. The van der Waals surface area contributed by atoms with Crippen LogP contribution in [0.2, 0.25) is 0 Å². The average Bonchev–Trinajstić information content (AvgIpc) is 2.66. The number of carbonyl (C=O) groups is 3. The summed E-state index contributed by atoms with van der Waals surface area (Å²) in [5, 5.41) is 0. The summed E-state index contributed by atoms with van der Waals surface area (Å²) < 4.78 is 20.4. The molecule has 0 rings (SSSR count). The van der Waals surface area contributed by atoms with Crippen LogP contribution in [0.3, 0.4) is 0 Å². The van der Waals surface area contributed by atoms with Crippen molar-refractivity contribution in [3.63, 3.8) is 0 Å². The van der Waals surface area contributed by atoms with Crippen LogP contribution in [0.5, 0.6) is 0 Å². The zero-order valence-electron chi connectivity index (χ0n) is 23.5. The summed E-state index contributed by atoms with van der Waals surface area (Å²) in [6, 6.07) is 0. The second-order valence-electron chi connectivity index (χ2n) is 10.3. The van der Waals surface area contributed by atoms with Crippen LogP contribution in [0.1, 0.15) is 83.1 Å². The summed E-state index contributed by atoms with van der Waals surface area (Å²) in [6.07, 6.45) is -1.88. The van der Waals surface area contributed by atoms with Gasteiger partial charge in [-0.05, 0) is 52.4 Å². The van der Waals surface area contributed by atoms with Gasteiger partial charge in [0.05, 0.1) is 0 Å². The molecule has 0 aromatic rings. The molecule has 0 saturated carbocycles. The van der Waals surface area contributed by atoms with Gasteiger partial charge in [-0.3, -0.25) is 9.78 Å². The summed E-state index contributed by atoms with van der Waals surface area (Å²) >= 11 is 0. The predicted molar refractivity (Wildman–Crippen MR) is 128 cm³/mol. The van der Waals surface area contributed by atoms with Crippen molar-refractivity contribution in [3.8, 4) is 0 Å². The van der Waals surface area contributed by atoms with E-state index in [4.69, 9.17) is 38.5 Å². The van der Waals surface area contributed by atoms with Gasteiger partial charge in [-0.25, -0.2) is 14.4 Å². The van der Waals surface area contributed by atoms with Crippen molar-refractivity contribution >= 4 is 18.1 Å². The fourth-order valence-electron chi connectivity index (χ4n) is 2.71. The summed E-state index contributed by atoms with van der Waals surface area (Å²) in [4.78, 5) is 55.0. The van der Waals surface area contributed by atoms with Gasteiger partial charge in [0.1, 0.15) is 0 Å². The highest BCUT2D eigenvalue weighted by Gasteiger charge is 2.22. The first-order valence-electron chi connectivity index (χ1n) is 11.6. The molecule has 208 valence electrons. The maximum absolute atomic E-state index is 11.9. The Kier molecular flexibility index (Phi) is 13.9. The Morgan fingerprint density at radius 2 is 0.889 bits per heavy atom. The number of rotatable bonds is 12. The lowest BCUT2D eigenvalue weighted by molar-refractivity contribution is -0.369. The van der Waals surface area contributed by atoms with Crippen LogP contribution >= 0.6 is 0 Å². The van der Waals surface area contributed by atoms with Gasteiger partial charge in [0.15, 0.2) is 0 Å². The van der Waals surface area contributed by atoms with Crippen molar-refractivity contribution in [1.82, 2.24) is 0 Å². The summed E-state index contributed by atoms with van der Waals surface area (Å²) in [5.41, 5.74) is 0.346. The summed E-state index contributed by atoms with van der Waals surface area (Å²) in [6.45, 7) is 20.6. The molecule has 0 bridgehead atoms. The topological polar surface area (TPSA) is 125 Å². The molecule has 0 spiro atoms. The standard InChI is InChI=1S/C25H42O11/c1-15(13-24(7,8)9)21(26)35-33-19(5)29-17(3)31-23(28)32-18(4)30-20(6)34-36-22(27)16(2)14-25(10,11)12/h13-14,17-20H,1-12H3/b15-13-,16-14-. The van der Waals surface area contributed by atoms with E-state index in [2.05, 4.69) is 0 Å². The molecule has 0 aliphatic carbocycles. The molecule has 0 amide bonds. The number of allylic oxidation sites excluding steroid dienone is 2. The minimum Gasteiger partial charge on any atom is -0.405 e. The molecular formula is C25H42O11. The van der Waals surface area contributed by atoms with E-state index in [-0.39, 0.29) is 10.8 Å². The van der Waals surface area contributed by atoms with Crippen LogP contribution < -0.4 is 0 Å². The van der Waals surface area contributed by atoms with Crippen LogP contribution in [-0.4, -0.2) is 43.3 Å². The van der Waals surface area contributed by atoms with Crippen molar-refractivity contribution in [1.29, 1.82) is 0 Å². The molecular weight excluding hydrogens is 476 g/mol. The molecule has 0 aliphatic heterocycles. The van der Waals surface area contributed by atoms with Crippen molar-refractivity contribution in [2.75, 3.05) is 0 Å². The van der Waals surface area contributed by atoms with Crippen molar-refractivity contribution in [2.24, 2.45) is 10.8 Å². The van der Waals surface area contributed by atoms with Gasteiger partial charge in [0.25, 0.3) is 0 Å². The molecule has 4 unspecified atom stereocenters. The molecule has 0 aromatic carbocycles. The van der Waals surface area contributed by atoms with Crippen LogP contribution in [-0.2, 0) is 48.1 Å². The van der Waals surface area contributed by atoms with E-state index in [1.165, 1.54) is 27.7 Å². The van der Waals surface area contributed by atoms with E-state index in [9.17, 15) is 14.4 Å². The molecule has 36 heavy (non-hydrogen) atoms. The highest BCUT2D eigenvalue weighted by atomic mass is 17.2. The molecule has 0 aromatic heterocycles. The van der Waals surface area contributed by atoms with Crippen LogP contribution in [0.4, 0.5) is 4.79 Å². The number of hydrogen-bond acceptors (Lipinski definition) is 11. The normalized spacial score (nSPS) is 16.4. The minimum atomic E-state index is -1.10. The van der Waals surface area contributed by atoms with Gasteiger partial charge in [-0.2, -0.15) is 9.78 Å². The third-order valence-corrected chi connectivity index (χ3v) is 3.75. The zero-order chi connectivity index (χ0) is 28.3. The van der Waals surface area contributed by atoms with E-state index < -0.39 is 43.3 Å². The van der Waals surface area contributed by atoms with Crippen LogP contribution in [0.25, 0.3) is 0 Å². The largest absolute Gasteiger partial charge is 0.512 e. The molecule has 0 aliphatic rings. The quantitative estimate of drug-likeness (QED) is 0.107. The lowest BCUT2D eigenvalue weighted by Gasteiger charge is -2.21. The van der Waals surface area contributed by atoms with E-state index in [1.807, 2.05) is 41.5 Å². The first-order chi connectivity index (χ1) is 16.3. The monoisotopic (exact) mass is 518 g/mol. The van der Waals surface area contributed by atoms with Gasteiger partial charge in [-0.15, -0.1) is 0 Å². The van der Waals surface area contributed by atoms with Crippen molar-refractivity contribution in [3.05, 3.63) is 23.3 Å². The first-order valence-corrected chi connectivity index (χ1v) is 11.6. The molecule has 11 heteroatoms. The van der Waals surface area contributed by atoms with Gasteiger partial charge in [0.2, 0.25) is 25.2 Å². The molecule has 0 N–H and O–H groups in total. The Morgan fingerprint density at radius 1 is 0.583 bits per heavy atom. The lowest BCUT2D eigenvalue weighted by atomic mass is 9.94. The Labute approximate surface area is 213 Å². The van der Waals surface area contributed by atoms with Crippen molar-refractivity contribution in [2.45, 2.75) is 108 Å². The van der Waals surface area contributed by atoms with Gasteiger partial charge in [0, 0.05) is 11.1 Å². The second kappa shape index (κ2) is 14.9.